The van der Waals surface area contributed by atoms with Crippen LogP contribution in [0.15, 0.2) is 71.7 Å². The second-order valence-electron chi connectivity index (χ2n) is 7.16. The van der Waals surface area contributed by atoms with E-state index < -0.39 is 5.97 Å². The van der Waals surface area contributed by atoms with Crippen molar-refractivity contribution < 1.29 is 24.5 Å². The number of carboxylic acid groups (broad SMARTS) is 1. The molecule has 0 unspecified atom stereocenters. The van der Waals surface area contributed by atoms with Crippen molar-refractivity contribution in [2.75, 3.05) is 14.2 Å². The summed E-state index contributed by atoms with van der Waals surface area (Å²) in [6.07, 6.45) is -0.0552. The number of carbonyl (C=O) groups is 1. The molecule has 7 heteroatoms. The molecule has 32 heavy (non-hydrogen) atoms. The van der Waals surface area contributed by atoms with Gasteiger partial charge in [0.25, 0.3) is 0 Å². The third-order valence-electron chi connectivity index (χ3n) is 5.10. The highest BCUT2D eigenvalue weighted by Gasteiger charge is 2.21. The van der Waals surface area contributed by atoms with Crippen molar-refractivity contribution in [3.8, 4) is 17.4 Å². The van der Waals surface area contributed by atoms with Gasteiger partial charge in [0, 0.05) is 17.0 Å². The van der Waals surface area contributed by atoms with E-state index in [1.807, 2.05) is 30.3 Å². The van der Waals surface area contributed by atoms with Crippen LogP contribution in [0.25, 0.3) is 10.9 Å². The number of hydrogen-bond acceptors (Lipinski definition) is 5. The van der Waals surface area contributed by atoms with Crippen molar-refractivity contribution >= 4 is 28.3 Å². The number of H-pyrrole nitrogens is 1. The maximum Gasteiger partial charge on any atom is 0.307 e. The molecule has 0 saturated carbocycles. The fourth-order valence-electron chi connectivity index (χ4n) is 3.60. The predicted octanol–water partition coefficient (Wildman–Crippen LogP) is 4.69. The van der Waals surface area contributed by atoms with Crippen molar-refractivity contribution in [2.45, 2.75) is 6.42 Å². The Kier molecular flexibility index (Phi) is 5.81. The van der Waals surface area contributed by atoms with Crippen LogP contribution in [0.1, 0.15) is 16.7 Å². The highest BCUT2D eigenvalue weighted by atomic mass is 16.5. The first-order valence-electron chi connectivity index (χ1n) is 9.92. The van der Waals surface area contributed by atoms with E-state index >= 15 is 0 Å². The van der Waals surface area contributed by atoms with E-state index in [4.69, 9.17) is 19.6 Å². The molecule has 7 nitrogen and oxygen atoms in total. The standard InChI is InChI=1S/C25H22N2O5/c1-31-20-13-18-19(14-21(20)32-2)27-25(30)23(18)24(16-6-4-3-5-7-16)26-17-10-8-15(9-11-17)12-22(28)29/h3-11,13-14,27,30H,12H2,1-2H3,(H,28,29). The summed E-state index contributed by atoms with van der Waals surface area (Å²) in [5.41, 5.74) is 3.90. The third-order valence-corrected chi connectivity index (χ3v) is 5.10. The molecule has 1 aromatic heterocycles. The van der Waals surface area contributed by atoms with Crippen LogP contribution in [0, 0.1) is 0 Å². The van der Waals surface area contributed by atoms with Gasteiger partial charge in [-0.25, -0.2) is 4.99 Å². The lowest BCUT2D eigenvalue weighted by atomic mass is 10.0. The molecule has 3 aromatic carbocycles. The molecule has 0 atom stereocenters. The van der Waals surface area contributed by atoms with Crippen molar-refractivity contribution in [2.24, 2.45) is 4.99 Å². The molecule has 0 spiro atoms. The molecule has 0 fully saturated rings. The first-order valence-corrected chi connectivity index (χ1v) is 9.92. The number of nitrogens with one attached hydrogen (secondary N) is 1. The molecule has 4 rings (SSSR count). The van der Waals surface area contributed by atoms with Gasteiger partial charge in [0.1, 0.15) is 0 Å². The van der Waals surface area contributed by atoms with Gasteiger partial charge in [0.05, 0.1) is 43.1 Å². The highest BCUT2D eigenvalue weighted by molar-refractivity contribution is 6.22. The van der Waals surface area contributed by atoms with Crippen LogP contribution in [0.4, 0.5) is 5.69 Å². The van der Waals surface area contributed by atoms with Crippen LogP contribution in [0.2, 0.25) is 0 Å². The number of hydrogen-bond donors (Lipinski definition) is 3. The van der Waals surface area contributed by atoms with Gasteiger partial charge in [-0.2, -0.15) is 0 Å². The smallest absolute Gasteiger partial charge is 0.307 e. The number of aromatic hydroxyl groups is 1. The number of rotatable bonds is 7. The van der Waals surface area contributed by atoms with Crippen molar-refractivity contribution in [1.29, 1.82) is 0 Å². The van der Waals surface area contributed by atoms with E-state index in [1.54, 1.807) is 50.6 Å². The zero-order valence-electron chi connectivity index (χ0n) is 17.6. The first kappa shape index (κ1) is 21.0. The Morgan fingerprint density at radius 2 is 1.62 bits per heavy atom. The predicted molar refractivity (Wildman–Crippen MR) is 123 cm³/mol. The van der Waals surface area contributed by atoms with Gasteiger partial charge in [0.15, 0.2) is 17.4 Å². The summed E-state index contributed by atoms with van der Waals surface area (Å²) >= 11 is 0. The second kappa shape index (κ2) is 8.85. The lowest BCUT2D eigenvalue weighted by Gasteiger charge is -2.10. The fourth-order valence-corrected chi connectivity index (χ4v) is 3.60. The minimum atomic E-state index is -0.890. The number of ether oxygens (including phenoxy) is 2. The largest absolute Gasteiger partial charge is 0.494 e. The molecule has 0 amide bonds. The first-order chi connectivity index (χ1) is 15.5. The number of aromatic amines is 1. The second-order valence-corrected chi connectivity index (χ2v) is 7.16. The topological polar surface area (TPSA) is 104 Å². The third kappa shape index (κ3) is 4.13. The Bertz CT molecular complexity index is 1290. The molecular weight excluding hydrogens is 408 g/mol. The van der Waals surface area contributed by atoms with Crippen LogP contribution in [-0.4, -0.2) is 41.1 Å². The van der Waals surface area contributed by atoms with Crippen molar-refractivity contribution in [3.05, 3.63) is 83.4 Å². The van der Waals surface area contributed by atoms with Gasteiger partial charge in [-0.3, -0.25) is 4.79 Å². The van der Waals surface area contributed by atoms with Crippen LogP contribution >= 0.6 is 0 Å². The molecule has 0 aliphatic rings. The molecular formula is C25H22N2O5. The summed E-state index contributed by atoms with van der Waals surface area (Å²) < 4.78 is 10.8. The zero-order chi connectivity index (χ0) is 22.7. The average Bonchev–Trinajstić information content (AvgIpc) is 3.12. The van der Waals surface area contributed by atoms with Crippen LogP contribution < -0.4 is 9.47 Å². The number of aliphatic imine (C=N–C) groups is 1. The number of nitrogens with zero attached hydrogens (tertiary/aromatic N) is 1. The number of aromatic nitrogens is 1. The number of carboxylic acids is 1. The fraction of sp³-hybridized carbons (Fsp3) is 0.120. The number of fused-ring (bicyclic) bond motifs is 1. The van der Waals surface area contributed by atoms with Crippen LogP contribution in [0.5, 0.6) is 17.4 Å². The summed E-state index contributed by atoms with van der Waals surface area (Å²) in [6, 6.07) is 20.1. The monoisotopic (exact) mass is 430 g/mol. The SMILES string of the molecule is COc1cc2[nH]c(O)c(C(=Nc3ccc(CC(=O)O)cc3)c3ccccc3)c2cc1OC. The van der Waals surface area contributed by atoms with Gasteiger partial charge in [-0.05, 0) is 23.8 Å². The van der Waals surface area contributed by atoms with E-state index in [0.29, 0.717) is 39.5 Å². The molecule has 162 valence electrons. The summed E-state index contributed by atoms with van der Waals surface area (Å²) in [4.78, 5) is 18.8. The van der Waals surface area contributed by atoms with Gasteiger partial charge >= 0.3 is 5.97 Å². The average molecular weight is 430 g/mol. The Balaban J connectivity index is 1.90. The van der Waals surface area contributed by atoms with Crippen LogP contribution in [-0.2, 0) is 11.2 Å². The van der Waals surface area contributed by atoms with E-state index in [1.165, 1.54) is 0 Å². The van der Waals surface area contributed by atoms with Gasteiger partial charge < -0.3 is 24.7 Å². The zero-order valence-corrected chi connectivity index (χ0v) is 17.6. The summed E-state index contributed by atoms with van der Waals surface area (Å²) in [5, 5.41) is 20.5. The van der Waals surface area contributed by atoms with E-state index in [9.17, 15) is 9.90 Å². The molecule has 3 N–H and O–H groups in total. The quantitative estimate of drug-likeness (QED) is 0.369. The molecule has 4 aromatic rings. The Morgan fingerprint density at radius 3 is 2.25 bits per heavy atom. The Labute approximate surface area is 184 Å². The maximum atomic E-state index is 11.0. The van der Waals surface area contributed by atoms with E-state index in [-0.39, 0.29) is 12.3 Å². The van der Waals surface area contributed by atoms with Gasteiger partial charge in [-0.15, -0.1) is 0 Å². The molecule has 0 radical (unpaired) electrons. The maximum absolute atomic E-state index is 11.0. The molecule has 1 heterocycles. The minimum absolute atomic E-state index is 0.0274. The van der Waals surface area contributed by atoms with Crippen molar-refractivity contribution in [1.82, 2.24) is 4.98 Å². The van der Waals surface area contributed by atoms with Gasteiger partial charge in [-0.1, -0.05) is 42.5 Å². The Hall–Kier alpha value is -4.26. The molecule has 0 saturated heterocycles. The summed E-state index contributed by atoms with van der Waals surface area (Å²) in [6.45, 7) is 0. The minimum Gasteiger partial charge on any atom is -0.494 e. The number of aliphatic carboxylic acids is 1. The number of methoxy groups -OCH3 is 2. The van der Waals surface area contributed by atoms with E-state index in [2.05, 4.69) is 4.98 Å². The Morgan fingerprint density at radius 1 is 0.969 bits per heavy atom. The normalized spacial score (nSPS) is 11.5. The lowest BCUT2D eigenvalue weighted by molar-refractivity contribution is -0.136. The van der Waals surface area contributed by atoms with E-state index in [0.717, 1.165) is 10.9 Å². The molecule has 0 aliphatic carbocycles. The van der Waals surface area contributed by atoms with Crippen LogP contribution in [0.3, 0.4) is 0 Å². The lowest BCUT2D eigenvalue weighted by Crippen LogP contribution is -2.03. The van der Waals surface area contributed by atoms with Crippen molar-refractivity contribution in [3.63, 3.8) is 0 Å². The molecule has 0 aliphatic heterocycles. The molecule has 0 bridgehead atoms. The summed E-state index contributed by atoms with van der Waals surface area (Å²) in [5.74, 6) is 0.158. The highest BCUT2D eigenvalue weighted by Crippen LogP contribution is 2.38. The number of benzene rings is 3. The summed E-state index contributed by atoms with van der Waals surface area (Å²) in [7, 11) is 3.11. The van der Waals surface area contributed by atoms with Gasteiger partial charge in [0.2, 0.25) is 0 Å².